The number of ether oxygens (including phenoxy) is 3. The number of rotatable bonds is 9. The SMILES string of the molecule is CC1C(O)[C@H](O)[C@H](CO)O[C@H]1O[C@H](CO)[C@@H](C)OC(CO)[C@H](C)O. The van der Waals surface area contributed by atoms with Crippen molar-refractivity contribution in [3.05, 3.63) is 0 Å². The zero-order valence-corrected chi connectivity index (χ0v) is 14.2. The molecule has 1 aliphatic heterocycles. The summed E-state index contributed by atoms with van der Waals surface area (Å²) >= 11 is 0. The minimum absolute atomic E-state index is 0.395. The third-order valence-electron chi connectivity index (χ3n) is 4.31. The predicted octanol–water partition coefficient (Wildman–Crippen LogP) is -2.41. The van der Waals surface area contributed by atoms with Gasteiger partial charge in [-0.1, -0.05) is 6.92 Å². The van der Waals surface area contributed by atoms with Crippen molar-refractivity contribution in [3.63, 3.8) is 0 Å². The van der Waals surface area contributed by atoms with Gasteiger partial charge in [0.25, 0.3) is 0 Å². The van der Waals surface area contributed by atoms with E-state index in [9.17, 15) is 30.6 Å². The fraction of sp³-hybridized carbons (Fsp3) is 1.00. The van der Waals surface area contributed by atoms with E-state index >= 15 is 0 Å². The van der Waals surface area contributed by atoms with E-state index in [1.807, 2.05) is 0 Å². The predicted molar refractivity (Wildman–Crippen MR) is 82.0 cm³/mol. The van der Waals surface area contributed by atoms with Crippen molar-refractivity contribution in [1.82, 2.24) is 0 Å². The van der Waals surface area contributed by atoms with Gasteiger partial charge in [-0.2, -0.15) is 0 Å². The molecule has 1 rings (SSSR count). The quantitative estimate of drug-likeness (QED) is 0.266. The number of hydrogen-bond acceptors (Lipinski definition) is 9. The highest BCUT2D eigenvalue weighted by Gasteiger charge is 2.43. The second kappa shape index (κ2) is 9.95. The van der Waals surface area contributed by atoms with Crippen molar-refractivity contribution < 1.29 is 44.8 Å². The molecule has 0 bridgehead atoms. The molecule has 144 valence electrons. The van der Waals surface area contributed by atoms with E-state index in [-0.39, 0.29) is 0 Å². The summed E-state index contributed by atoms with van der Waals surface area (Å²) < 4.78 is 16.6. The minimum Gasteiger partial charge on any atom is -0.394 e. The van der Waals surface area contributed by atoms with Gasteiger partial charge in [-0.3, -0.25) is 0 Å². The lowest BCUT2D eigenvalue weighted by molar-refractivity contribution is -0.306. The van der Waals surface area contributed by atoms with Gasteiger partial charge in [-0.15, -0.1) is 0 Å². The summed E-state index contributed by atoms with van der Waals surface area (Å²) in [6, 6.07) is 0. The summed E-state index contributed by atoms with van der Waals surface area (Å²) in [5, 5.41) is 57.3. The molecule has 0 aromatic heterocycles. The van der Waals surface area contributed by atoms with E-state index in [2.05, 4.69) is 0 Å². The van der Waals surface area contributed by atoms with Gasteiger partial charge >= 0.3 is 0 Å². The van der Waals surface area contributed by atoms with Gasteiger partial charge in [0.15, 0.2) is 6.29 Å². The molecular weight excluding hydrogens is 324 g/mol. The van der Waals surface area contributed by atoms with Crippen molar-refractivity contribution >= 4 is 0 Å². The Morgan fingerprint density at radius 1 is 1.00 bits per heavy atom. The van der Waals surface area contributed by atoms with E-state index in [4.69, 9.17) is 14.2 Å². The lowest BCUT2D eigenvalue weighted by Crippen LogP contribution is -2.57. The molecule has 0 amide bonds. The zero-order valence-electron chi connectivity index (χ0n) is 14.2. The molecule has 9 nitrogen and oxygen atoms in total. The van der Waals surface area contributed by atoms with Crippen LogP contribution in [0.1, 0.15) is 20.8 Å². The standard InChI is InChI=1S/C15H30O9/c1-7-13(20)14(21)12(6-18)24-15(7)23-11(5-17)9(3)22-10(4-16)8(2)19/h7-21H,4-6H2,1-3H3/t7?,8-,9+,10?,11+,12-,13?,14+,15+/m0/s1. The van der Waals surface area contributed by atoms with Crippen molar-refractivity contribution in [1.29, 1.82) is 0 Å². The normalized spacial score (nSPS) is 36.1. The first kappa shape index (κ1) is 21.7. The summed E-state index contributed by atoms with van der Waals surface area (Å²) in [6.07, 6.45) is -7.64. The molecule has 9 atom stereocenters. The molecule has 9 heteroatoms. The number of hydrogen-bond donors (Lipinski definition) is 6. The first-order valence-electron chi connectivity index (χ1n) is 8.09. The van der Waals surface area contributed by atoms with Crippen LogP contribution in [0, 0.1) is 5.92 Å². The van der Waals surface area contributed by atoms with Crippen LogP contribution in [0.3, 0.4) is 0 Å². The Balaban J connectivity index is 2.72. The molecule has 0 spiro atoms. The minimum atomic E-state index is -1.24. The van der Waals surface area contributed by atoms with Crippen molar-refractivity contribution in [2.75, 3.05) is 19.8 Å². The van der Waals surface area contributed by atoms with E-state index in [0.717, 1.165) is 0 Å². The average molecular weight is 354 g/mol. The van der Waals surface area contributed by atoms with E-state index in [1.165, 1.54) is 6.92 Å². The fourth-order valence-corrected chi connectivity index (χ4v) is 2.52. The Kier molecular flexibility index (Phi) is 8.99. The molecule has 1 fully saturated rings. The second-order valence-corrected chi connectivity index (χ2v) is 6.23. The lowest BCUT2D eigenvalue weighted by atomic mass is 9.92. The van der Waals surface area contributed by atoms with E-state index in [1.54, 1.807) is 13.8 Å². The summed E-state index contributed by atoms with van der Waals surface area (Å²) in [7, 11) is 0. The highest BCUT2D eigenvalue weighted by atomic mass is 16.7. The largest absolute Gasteiger partial charge is 0.394 e. The Hall–Kier alpha value is -0.360. The maximum absolute atomic E-state index is 10.0. The van der Waals surface area contributed by atoms with Gasteiger partial charge in [-0.05, 0) is 13.8 Å². The molecule has 0 saturated carbocycles. The van der Waals surface area contributed by atoms with E-state index in [0.29, 0.717) is 0 Å². The summed E-state index contributed by atoms with van der Waals surface area (Å²) in [4.78, 5) is 0. The molecule has 6 N–H and O–H groups in total. The summed E-state index contributed by atoms with van der Waals surface area (Å²) in [6.45, 7) is 3.38. The van der Waals surface area contributed by atoms with Gasteiger partial charge < -0.3 is 44.8 Å². The zero-order chi connectivity index (χ0) is 18.4. The molecule has 0 radical (unpaired) electrons. The molecule has 1 heterocycles. The summed E-state index contributed by atoms with van der Waals surface area (Å²) in [5.41, 5.74) is 0. The van der Waals surface area contributed by atoms with Crippen LogP contribution >= 0.6 is 0 Å². The van der Waals surface area contributed by atoms with Gasteiger partial charge in [0.2, 0.25) is 0 Å². The van der Waals surface area contributed by atoms with Gasteiger partial charge in [0, 0.05) is 5.92 Å². The maximum atomic E-state index is 10.0. The monoisotopic (exact) mass is 354 g/mol. The van der Waals surface area contributed by atoms with Crippen LogP contribution in [0.2, 0.25) is 0 Å². The Morgan fingerprint density at radius 2 is 1.58 bits per heavy atom. The summed E-state index contributed by atoms with van der Waals surface area (Å²) in [5.74, 6) is -0.602. The van der Waals surface area contributed by atoms with Crippen LogP contribution in [-0.2, 0) is 14.2 Å². The van der Waals surface area contributed by atoms with Gasteiger partial charge in [0.05, 0.1) is 38.1 Å². The van der Waals surface area contributed by atoms with Crippen molar-refractivity contribution in [3.8, 4) is 0 Å². The van der Waals surface area contributed by atoms with E-state index < -0.39 is 74.8 Å². The molecule has 0 aromatic rings. The average Bonchev–Trinajstić information content (AvgIpc) is 2.56. The smallest absolute Gasteiger partial charge is 0.163 e. The lowest BCUT2D eigenvalue weighted by Gasteiger charge is -2.42. The first-order valence-corrected chi connectivity index (χ1v) is 8.09. The Bertz CT molecular complexity index is 352. The van der Waals surface area contributed by atoms with Crippen LogP contribution in [0.25, 0.3) is 0 Å². The molecular formula is C15H30O9. The highest BCUT2D eigenvalue weighted by Crippen LogP contribution is 2.28. The third-order valence-corrected chi connectivity index (χ3v) is 4.31. The van der Waals surface area contributed by atoms with Crippen molar-refractivity contribution in [2.24, 2.45) is 5.92 Å². The van der Waals surface area contributed by atoms with Crippen LogP contribution in [-0.4, -0.2) is 99.5 Å². The molecule has 1 aliphatic rings. The molecule has 24 heavy (non-hydrogen) atoms. The van der Waals surface area contributed by atoms with Crippen LogP contribution in [0.4, 0.5) is 0 Å². The van der Waals surface area contributed by atoms with Crippen LogP contribution < -0.4 is 0 Å². The molecule has 3 unspecified atom stereocenters. The van der Waals surface area contributed by atoms with Gasteiger partial charge in [0.1, 0.15) is 24.4 Å². The van der Waals surface area contributed by atoms with Crippen molar-refractivity contribution in [2.45, 2.75) is 69.8 Å². The second-order valence-electron chi connectivity index (χ2n) is 6.23. The fourth-order valence-electron chi connectivity index (χ4n) is 2.52. The third kappa shape index (κ3) is 5.32. The maximum Gasteiger partial charge on any atom is 0.163 e. The topological polar surface area (TPSA) is 149 Å². The molecule has 0 aliphatic carbocycles. The first-order chi connectivity index (χ1) is 11.3. The van der Waals surface area contributed by atoms with Gasteiger partial charge in [-0.25, -0.2) is 0 Å². The number of aliphatic hydroxyl groups is 6. The molecule has 0 aromatic carbocycles. The number of aliphatic hydroxyl groups excluding tert-OH is 6. The Morgan fingerprint density at radius 3 is 2.04 bits per heavy atom. The van der Waals surface area contributed by atoms with Crippen LogP contribution in [0.15, 0.2) is 0 Å². The highest BCUT2D eigenvalue weighted by molar-refractivity contribution is 4.87. The molecule has 1 saturated heterocycles. The Labute approximate surface area is 141 Å². The van der Waals surface area contributed by atoms with Crippen LogP contribution in [0.5, 0.6) is 0 Å².